The van der Waals surface area contributed by atoms with Crippen LogP contribution in [0.4, 0.5) is 11.5 Å². The quantitative estimate of drug-likeness (QED) is 0.513. The molecule has 0 bridgehead atoms. The summed E-state index contributed by atoms with van der Waals surface area (Å²) in [5, 5.41) is 3.25. The fraction of sp³-hybridized carbons (Fsp3) is 0.321. The molecule has 0 saturated carbocycles. The SMILES string of the molecule is CCOC(=O)C1=C(c2ccccc2)Nc2c(c(=O)n(C)c(=O)n2C)C1c1ccc(N(CC)CC)cc1. The van der Waals surface area contributed by atoms with Crippen molar-refractivity contribution in [2.45, 2.75) is 26.7 Å². The summed E-state index contributed by atoms with van der Waals surface area (Å²) < 4.78 is 7.99. The highest BCUT2D eigenvalue weighted by molar-refractivity contribution is 6.04. The van der Waals surface area contributed by atoms with Crippen molar-refractivity contribution < 1.29 is 9.53 Å². The van der Waals surface area contributed by atoms with Crippen molar-refractivity contribution in [2.24, 2.45) is 14.1 Å². The maximum atomic E-state index is 13.5. The Balaban J connectivity index is 2.05. The van der Waals surface area contributed by atoms with Crippen molar-refractivity contribution in [3.05, 3.63) is 97.7 Å². The van der Waals surface area contributed by atoms with Crippen molar-refractivity contribution >= 4 is 23.2 Å². The van der Waals surface area contributed by atoms with Crippen LogP contribution in [0.25, 0.3) is 5.70 Å². The summed E-state index contributed by atoms with van der Waals surface area (Å²) in [5.41, 5.74) is 2.85. The van der Waals surface area contributed by atoms with Gasteiger partial charge in [0.05, 0.1) is 29.4 Å². The Morgan fingerprint density at radius 1 is 0.944 bits per heavy atom. The number of carbonyl (C=O) groups is 1. The fourth-order valence-electron chi connectivity index (χ4n) is 4.82. The minimum absolute atomic E-state index is 0.191. The number of benzene rings is 2. The second kappa shape index (κ2) is 10.3. The van der Waals surface area contributed by atoms with E-state index in [2.05, 4.69) is 24.1 Å². The molecule has 2 aromatic carbocycles. The summed E-state index contributed by atoms with van der Waals surface area (Å²) in [6, 6.07) is 17.3. The number of rotatable bonds is 7. The van der Waals surface area contributed by atoms with Crippen molar-refractivity contribution in [1.82, 2.24) is 9.13 Å². The van der Waals surface area contributed by atoms with Gasteiger partial charge in [-0.1, -0.05) is 42.5 Å². The first kappa shape index (κ1) is 25.0. The molecule has 2 heterocycles. The fourth-order valence-corrected chi connectivity index (χ4v) is 4.82. The third-order valence-electron chi connectivity index (χ3n) is 6.70. The largest absolute Gasteiger partial charge is 0.463 e. The summed E-state index contributed by atoms with van der Waals surface area (Å²) in [7, 11) is 3.07. The lowest BCUT2D eigenvalue weighted by Crippen LogP contribution is -2.43. The number of ether oxygens (including phenoxy) is 1. The number of nitrogens with zero attached hydrogens (tertiary/aromatic N) is 3. The molecule has 0 saturated heterocycles. The van der Waals surface area contributed by atoms with E-state index in [1.807, 2.05) is 54.6 Å². The van der Waals surface area contributed by atoms with E-state index in [4.69, 9.17) is 4.74 Å². The van der Waals surface area contributed by atoms with Gasteiger partial charge in [0.25, 0.3) is 5.56 Å². The maximum absolute atomic E-state index is 13.5. The molecule has 0 aliphatic carbocycles. The molecular formula is C28H32N4O4. The molecule has 0 radical (unpaired) electrons. The minimum atomic E-state index is -0.730. The van der Waals surface area contributed by atoms with E-state index in [9.17, 15) is 14.4 Å². The summed E-state index contributed by atoms with van der Waals surface area (Å²) in [6.07, 6.45) is 0. The lowest BCUT2D eigenvalue weighted by Gasteiger charge is -2.32. The van der Waals surface area contributed by atoms with Crippen LogP contribution in [-0.4, -0.2) is 34.8 Å². The van der Waals surface area contributed by atoms with Gasteiger partial charge in [0, 0.05) is 32.9 Å². The van der Waals surface area contributed by atoms with E-state index in [1.165, 1.54) is 11.6 Å². The predicted molar refractivity (Wildman–Crippen MR) is 142 cm³/mol. The lowest BCUT2D eigenvalue weighted by molar-refractivity contribution is -0.138. The van der Waals surface area contributed by atoms with E-state index in [0.717, 1.165) is 34.5 Å². The van der Waals surface area contributed by atoms with E-state index >= 15 is 0 Å². The van der Waals surface area contributed by atoms with Gasteiger partial charge in [-0.25, -0.2) is 9.59 Å². The zero-order valence-electron chi connectivity index (χ0n) is 21.4. The molecule has 0 amide bonds. The van der Waals surface area contributed by atoms with E-state index in [-0.39, 0.29) is 6.61 Å². The molecular weight excluding hydrogens is 456 g/mol. The molecule has 8 heteroatoms. The predicted octanol–water partition coefficient (Wildman–Crippen LogP) is 3.46. The number of nitrogens with one attached hydrogen (secondary N) is 1. The van der Waals surface area contributed by atoms with Crippen LogP contribution >= 0.6 is 0 Å². The molecule has 36 heavy (non-hydrogen) atoms. The molecule has 1 atom stereocenters. The third-order valence-corrected chi connectivity index (χ3v) is 6.70. The molecule has 8 nitrogen and oxygen atoms in total. The van der Waals surface area contributed by atoms with Crippen molar-refractivity contribution in [1.29, 1.82) is 0 Å². The first-order valence-electron chi connectivity index (χ1n) is 12.2. The molecule has 1 aliphatic rings. The topological polar surface area (TPSA) is 85.6 Å². The highest BCUT2D eigenvalue weighted by Crippen LogP contribution is 2.43. The van der Waals surface area contributed by atoms with Gasteiger partial charge >= 0.3 is 11.7 Å². The first-order valence-corrected chi connectivity index (χ1v) is 12.2. The van der Waals surface area contributed by atoms with Crippen molar-refractivity contribution in [3.63, 3.8) is 0 Å². The third kappa shape index (κ3) is 4.23. The standard InChI is InChI=1S/C28H32N4O4/c1-6-32(7-2)20-16-14-18(15-17-20)21-22(27(34)36-8-3)24(19-12-10-9-11-13-19)29-25-23(21)26(33)31(5)28(35)30(25)4/h9-17,21,29H,6-8H2,1-5H3. The Morgan fingerprint density at radius 2 is 1.58 bits per heavy atom. The van der Waals surface area contributed by atoms with Gasteiger partial charge < -0.3 is 15.0 Å². The van der Waals surface area contributed by atoms with Gasteiger partial charge in [-0.2, -0.15) is 0 Å². The molecule has 0 spiro atoms. The smallest absolute Gasteiger partial charge is 0.337 e. The molecule has 1 aliphatic heterocycles. The molecule has 188 valence electrons. The first-order chi connectivity index (χ1) is 17.3. The van der Waals surface area contributed by atoms with E-state index in [0.29, 0.717) is 22.7 Å². The number of hydrogen-bond donors (Lipinski definition) is 1. The average molecular weight is 489 g/mol. The molecule has 1 unspecified atom stereocenters. The Kier molecular flexibility index (Phi) is 7.15. The highest BCUT2D eigenvalue weighted by Gasteiger charge is 2.38. The molecule has 0 fully saturated rings. The van der Waals surface area contributed by atoms with Crippen LogP contribution < -0.4 is 21.5 Å². The number of aromatic nitrogens is 2. The maximum Gasteiger partial charge on any atom is 0.337 e. The lowest BCUT2D eigenvalue weighted by atomic mass is 9.80. The normalized spacial score (nSPS) is 14.8. The number of esters is 1. The van der Waals surface area contributed by atoms with Gasteiger partial charge in [0.15, 0.2) is 0 Å². The Bertz CT molecular complexity index is 1410. The van der Waals surface area contributed by atoms with E-state index < -0.39 is 23.1 Å². The van der Waals surface area contributed by atoms with Crippen LogP contribution in [0.5, 0.6) is 0 Å². The van der Waals surface area contributed by atoms with Crippen LogP contribution in [0.2, 0.25) is 0 Å². The van der Waals surface area contributed by atoms with Crippen molar-refractivity contribution in [3.8, 4) is 0 Å². The van der Waals surface area contributed by atoms with Crippen LogP contribution in [0.1, 0.15) is 43.4 Å². The zero-order chi connectivity index (χ0) is 26.0. The molecule has 1 N–H and O–H groups in total. The number of fused-ring (bicyclic) bond motifs is 1. The molecule has 3 aromatic rings. The Morgan fingerprint density at radius 3 is 2.17 bits per heavy atom. The van der Waals surface area contributed by atoms with Crippen LogP contribution in [0, 0.1) is 0 Å². The number of carbonyl (C=O) groups excluding carboxylic acids is 1. The minimum Gasteiger partial charge on any atom is -0.463 e. The monoisotopic (exact) mass is 488 g/mol. The second-order valence-corrected chi connectivity index (χ2v) is 8.67. The number of hydrogen-bond acceptors (Lipinski definition) is 6. The second-order valence-electron chi connectivity index (χ2n) is 8.67. The van der Waals surface area contributed by atoms with Crippen LogP contribution in [0.3, 0.4) is 0 Å². The van der Waals surface area contributed by atoms with Gasteiger partial charge in [0.2, 0.25) is 0 Å². The summed E-state index contributed by atoms with van der Waals surface area (Å²) in [5.74, 6) is -0.872. The van der Waals surface area contributed by atoms with Crippen LogP contribution in [0.15, 0.2) is 69.8 Å². The summed E-state index contributed by atoms with van der Waals surface area (Å²) in [6.45, 7) is 7.86. The highest BCUT2D eigenvalue weighted by atomic mass is 16.5. The van der Waals surface area contributed by atoms with Crippen LogP contribution in [-0.2, 0) is 23.6 Å². The summed E-state index contributed by atoms with van der Waals surface area (Å²) in [4.78, 5) is 42.1. The van der Waals surface area contributed by atoms with Gasteiger partial charge in [0.1, 0.15) is 5.82 Å². The van der Waals surface area contributed by atoms with Crippen molar-refractivity contribution in [2.75, 3.05) is 29.9 Å². The molecule has 4 rings (SSSR count). The number of anilines is 2. The van der Waals surface area contributed by atoms with E-state index in [1.54, 1.807) is 14.0 Å². The summed E-state index contributed by atoms with van der Waals surface area (Å²) >= 11 is 0. The zero-order valence-corrected chi connectivity index (χ0v) is 21.4. The average Bonchev–Trinajstić information content (AvgIpc) is 2.91. The molecule has 1 aromatic heterocycles. The Labute approximate surface area is 210 Å². The Hall–Kier alpha value is -4.07. The van der Waals surface area contributed by atoms with Gasteiger partial charge in [-0.15, -0.1) is 0 Å². The van der Waals surface area contributed by atoms with Gasteiger partial charge in [-0.05, 0) is 44.0 Å². The van der Waals surface area contributed by atoms with Gasteiger partial charge in [-0.3, -0.25) is 13.9 Å².